The van der Waals surface area contributed by atoms with Gasteiger partial charge in [-0.2, -0.15) is 0 Å². The average Bonchev–Trinajstić information content (AvgIpc) is 2.75. The zero-order valence-electron chi connectivity index (χ0n) is 11.1. The van der Waals surface area contributed by atoms with Gasteiger partial charge < -0.3 is 10.1 Å². The number of nitrogens with one attached hydrogen (secondary N) is 2. The molecule has 2 rings (SSSR count). The lowest BCUT2D eigenvalue weighted by Crippen LogP contribution is -2.46. The summed E-state index contributed by atoms with van der Waals surface area (Å²) < 4.78 is 32.6. The molecule has 1 aliphatic rings. The van der Waals surface area contributed by atoms with Crippen LogP contribution in [0.15, 0.2) is 23.2 Å². The number of pyridine rings is 1. The molecule has 19 heavy (non-hydrogen) atoms. The predicted molar refractivity (Wildman–Crippen MR) is 72.6 cm³/mol. The monoisotopic (exact) mass is 285 g/mol. The summed E-state index contributed by atoms with van der Waals surface area (Å²) in [5.41, 5.74) is -0.527. The molecule has 106 valence electrons. The quantitative estimate of drug-likeness (QED) is 0.842. The summed E-state index contributed by atoms with van der Waals surface area (Å²) in [4.78, 5) is 4.28. The van der Waals surface area contributed by atoms with Gasteiger partial charge in [0.2, 0.25) is 10.0 Å². The first-order valence-electron chi connectivity index (χ1n) is 6.27. The van der Waals surface area contributed by atoms with Crippen molar-refractivity contribution in [3.8, 4) is 0 Å². The maximum atomic E-state index is 12.3. The van der Waals surface area contributed by atoms with Crippen molar-refractivity contribution in [3.63, 3.8) is 0 Å². The van der Waals surface area contributed by atoms with Gasteiger partial charge in [-0.05, 0) is 26.3 Å². The molecular formula is C12H19N3O3S. The standard InChI is InChI=1S/C12H19N3O3S/c1-3-13-11-8-10(4-6-14-11)19(16,17)15-12(2)5-7-18-9-12/h4,6,8,15H,3,5,7,9H2,1-2H3,(H,13,14). The smallest absolute Gasteiger partial charge is 0.241 e. The lowest BCUT2D eigenvalue weighted by molar-refractivity contribution is 0.178. The molecule has 1 aromatic heterocycles. The van der Waals surface area contributed by atoms with Crippen molar-refractivity contribution in [2.75, 3.05) is 25.1 Å². The summed E-state index contributed by atoms with van der Waals surface area (Å²) in [6.45, 7) is 5.45. The highest BCUT2D eigenvalue weighted by Gasteiger charge is 2.34. The Bertz CT molecular complexity index is 539. The number of hydrogen-bond donors (Lipinski definition) is 2. The minimum Gasteiger partial charge on any atom is -0.379 e. The van der Waals surface area contributed by atoms with Crippen LogP contribution in [0.1, 0.15) is 20.3 Å². The van der Waals surface area contributed by atoms with Crippen LogP contribution < -0.4 is 10.0 Å². The van der Waals surface area contributed by atoms with Crippen LogP contribution in [0.4, 0.5) is 5.82 Å². The summed E-state index contributed by atoms with van der Waals surface area (Å²) in [5.74, 6) is 0.554. The molecule has 1 aromatic rings. The molecule has 0 saturated carbocycles. The Morgan fingerprint density at radius 2 is 2.32 bits per heavy atom. The first-order valence-corrected chi connectivity index (χ1v) is 7.75. The van der Waals surface area contributed by atoms with Crippen LogP contribution in [0.2, 0.25) is 0 Å². The van der Waals surface area contributed by atoms with Gasteiger partial charge in [0, 0.05) is 25.4 Å². The van der Waals surface area contributed by atoms with E-state index in [2.05, 4.69) is 15.0 Å². The summed E-state index contributed by atoms with van der Waals surface area (Å²) in [6, 6.07) is 3.02. The van der Waals surface area contributed by atoms with Crippen LogP contribution in [0.25, 0.3) is 0 Å². The molecule has 0 bridgehead atoms. The molecule has 1 atom stereocenters. The van der Waals surface area contributed by atoms with E-state index in [1.54, 1.807) is 0 Å². The molecule has 0 radical (unpaired) electrons. The van der Waals surface area contributed by atoms with Crippen molar-refractivity contribution in [1.82, 2.24) is 9.71 Å². The molecule has 0 aliphatic carbocycles. The van der Waals surface area contributed by atoms with E-state index in [0.717, 1.165) is 0 Å². The first kappa shape index (κ1) is 14.2. The summed E-state index contributed by atoms with van der Waals surface area (Å²) >= 11 is 0. The van der Waals surface area contributed by atoms with E-state index in [9.17, 15) is 8.42 Å². The molecule has 2 heterocycles. The van der Waals surface area contributed by atoms with Crippen molar-refractivity contribution in [1.29, 1.82) is 0 Å². The Kier molecular flexibility index (Phi) is 4.07. The lowest BCUT2D eigenvalue weighted by Gasteiger charge is -2.23. The molecule has 2 N–H and O–H groups in total. The predicted octanol–water partition coefficient (Wildman–Crippen LogP) is 0.971. The number of anilines is 1. The fourth-order valence-electron chi connectivity index (χ4n) is 1.99. The van der Waals surface area contributed by atoms with Crippen molar-refractivity contribution >= 4 is 15.8 Å². The van der Waals surface area contributed by atoms with Gasteiger partial charge in [0.25, 0.3) is 0 Å². The zero-order valence-corrected chi connectivity index (χ0v) is 12.0. The molecule has 0 aromatic carbocycles. The fraction of sp³-hybridized carbons (Fsp3) is 0.583. The summed E-state index contributed by atoms with van der Waals surface area (Å²) in [5, 5.41) is 3.00. The van der Waals surface area contributed by atoms with Crippen LogP contribution >= 0.6 is 0 Å². The lowest BCUT2D eigenvalue weighted by atomic mass is 10.0. The van der Waals surface area contributed by atoms with Gasteiger partial charge in [0.1, 0.15) is 5.82 Å². The van der Waals surface area contributed by atoms with Gasteiger partial charge >= 0.3 is 0 Å². The first-order chi connectivity index (χ1) is 8.95. The van der Waals surface area contributed by atoms with Crippen LogP contribution in [0.3, 0.4) is 0 Å². The molecular weight excluding hydrogens is 266 g/mol. The molecule has 0 amide bonds. The minimum atomic E-state index is -3.55. The van der Waals surface area contributed by atoms with E-state index in [1.807, 2.05) is 13.8 Å². The number of rotatable bonds is 5. The second-order valence-corrected chi connectivity index (χ2v) is 6.56. The highest BCUT2D eigenvalue weighted by Crippen LogP contribution is 2.21. The Morgan fingerprint density at radius 1 is 1.53 bits per heavy atom. The normalized spacial score (nSPS) is 23.5. The number of ether oxygens (including phenoxy) is 1. The summed E-state index contributed by atoms with van der Waals surface area (Å²) in [6.07, 6.45) is 2.16. The number of nitrogens with zero attached hydrogens (tertiary/aromatic N) is 1. The Balaban J connectivity index is 2.21. The van der Waals surface area contributed by atoms with Crippen molar-refractivity contribution in [3.05, 3.63) is 18.3 Å². The highest BCUT2D eigenvalue weighted by molar-refractivity contribution is 7.89. The van der Waals surface area contributed by atoms with E-state index < -0.39 is 15.6 Å². The van der Waals surface area contributed by atoms with E-state index >= 15 is 0 Å². The summed E-state index contributed by atoms with van der Waals surface area (Å²) in [7, 11) is -3.55. The van der Waals surface area contributed by atoms with E-state index in [-0.39, 0.29) is 4.90 Å². The number of sulfonamides is 1. The molecule has 1 unspecified atom stereocenters. The van der Waals surface area contributed by atoms with Gasteiger partial charge in [-0.15, -0.1) is 0 Å². The van der Waals surface area contributed by atoms with Gasteiger partial charge in [-0.25, -0.2) is 18.1 Å². The van der Waals surface area contributed by atoms with Crippen LogP contribution in [0.5, 0.6) is 0 Å². The van der Waals surface area contributed by atoms with Crippen molar-refractivity contribution < 1.29 is 13.2 Å². The molecule has 1 aliphatic heterocycles. The van der Waals surface area contributed by atoms with E-state index in [0.29, 0.717) is 32.0 Å². The third kappa shape index (κ3) is 3.43. The highest BCUT2D eigenvalue weighted by atomic mass is 32.2. The van der Waals surface area contributed by atoms with Crippen LogP contribution in [-0.2, 0) is 14.8 Å². The van der Waals surface area contributed by atoms with Crippen molar-refractivity contribution in [2.45, 2.75) is 30.7 Å². The third-order valence-electron chi connectivity index (χ3n) is 3.00. The second-order valence-electron chi connectivity index (χ2n) is 4.88. The van der Waals surface area contributed by atoms with Gasteiger partial charge in [-0.1, -0.05) is 0 Å². The van der Waals surface area contributed by atoms with E-state index in [1.165, 1.54) is 18.3 Å². The molecule has 0 spiro atoms. The minimum absolute atomic E-state index is 0.214. The van der Waals surface area contributed by atoms with Crippen molar-refractivity contribution in [2.24, 2.45) is 0 Å². The molecule has 1 saturated heterocycles. The van der Waals surface area contributed by atoms with Gasteiger partial charge in [-0.3, -0.25) is 0 Å². The topological polar surface area (TPSA) is 80.3 Å². The SMILES string of the molecule is CCNc1cc(S(=O)(=O)NC2(C)CCOC2)ccn1. The Hall–Kier alpha value is -1.18. The Morgan fingerprint density at radius 3 is 2.95 bits per heavy atom. The molecule has 7 heteroatoms. The second kappa shape index (κ2) is 5.44. The Labute approximate surface area is 113 Å². The fourth-order valence-corrected chi connectivity index (χ4v) is 3.42. The largest absolute Gasteiger partial charge is 0.379 e. The van der Waals surface area contributed by atoms with Crippen LogP contribution in [0, 0.1) is 0 Å². The van der Waals surface area contributed by atoms with Gasteiger partial charge in [0.15, 0.2) is 0 Å². The molecule has 6 nitrogen and oxygen atoms in total. The van der Waals surface area contributed by atoms with E-state index in [4.69, 9.17) is 4.74 Å². The molecule has 1 fully saturated rings. The average molecular weight is 285 g/mol. The third-order valence-corrected chi connectivity index (χ3v) is 4.64. The zero-order chi connectivity index (χ0) is 13.9. The maximum absolute atomic E-state index is 12.3. The number of aromatic nitrogens is 1. The van der Waals surface area contributed by atoms with Gasteiger partial charge in [0.05, 0.1) is 17.0 Å². The maximum Gasteiger partial charge on any atom is 0.241 e. The van der Waals surface area contributed by atoms with Crippen LogP contribution in [-0.4, -0.2) is 38.7 Å². The number of hydrogen-bond acceptors (Lipinski definition) is 5.